The Morgan fingerprint density at radius 1 is 1.09 bits per heavy atom. The summed E-state index contributed by atoms with van der Waals surface area (Å²) < 4.78 is 0. The lowest BCUT2D eigenvalue weighted by molar-refractivity contribution is -0.133. The third-order valence-corrected chi connectivity index (χ3v) is 3.56. The minimum absolute atomic E-state index is 0.0108. The van der Waals surface area contributed by atoms with Crippen molar-refractivity contribution in [2.45, 2.75) is 0 Å². The van der Waals surface area contributed by atoms with Crippen LogP contribution in [0.1, 0.15) is 0 Å². The summed E-state index contributed by atoms with van der Waals surface area (Å²) in [6, 6.07) is 19.2. The predicted molar refractivity (Wildman–Crippen MR) is 92.8 cm³/mol. The van der Waals surface area contributed by atoms with Gasteiger partial charge in [-0.15, -0.1) is 11.8 Å². The average Bonchev–Trinajstić information content (AvgIpc) is 2.56. The quantitative estimate of drug-likeness (QED) is 0.754. The maximum absolute atomic E-state index is 10.7. The fraction of sp³-hybridized carbons (Fsp3) is 0.0588. The van der Waals surface area contributed by atoms with Crippen molar-refractivity contribution in [2.24, 2.45) is 4.99 Å². The maximum Gasteiger partial charge on any atom is 0.313 e. The van der Waals surface area contributed by atoms with E-state index in [0.29, 0.717) is 0 Å². The first kappa shape index (κ1) is 15.9. The molecule has 0 amide bonds. The molecule has 0 aliphatic heterocycles. The second-order valence-corrected chi connectivity index (χ2v) is 5.38. The summed E-state index contributed by atoms with van der Waals surface area (Å²) in [5.74, 6) is -0.868. The van der Waals surface area contributed by atoms with Gasteiger partial charge in [-0.3, -0.25) is 9.79 Å². The van der Waals surface area contributed by atoms with Crippen LogP contribution in [0, 0.1) is 0 Å². The van der Waals surface area contributed by atoms with Crippen LogP contribution in [0.25, 0.3) is 0 Å². The predicted octanol–water partition coefficient (Wildman–Crippen LogP) is 4.16. The number of anilines is 1. The number of allylic oxidation sites excluding steroid dienone is 1. The van der Waals surface area contributed by atoms with Crippen LogP contribution in [-0.4, -0.2) is 23.0 Å². The van der Waals surface area contributed by atoms with Crippen LogP contribution in [0.5, 0.6) is 0 Å². The van der Waals surface area contributed by atoms with Gasteiger partial charge in [0.15, 0.2) is 0 Å². The number of thioether (sulfide) groups is 1. The first-order chi connectivity index (χ1) is 10.7. The van der Waals surface area contributed by atoms with Gasteiger partial charge < -0.3 is 10.4 Å². The fourth-order valence-corrected chi connectivity index (χ4v) is 2.16. The van der Waals surface area contributed by atoms with Crippen molar-refractivity contribution < 1.29 is 9.90 Å². The molecule has 0 aliphatic carbocycles. The monoisotopic (exact) mass is 312 g/mol. The number of carbonyl (C=O) groups is 1. The average molecular weight is 312 g/mol. The molecule has 5 heteroatoms. The van der Waals surface area contributed by atoms with Crippen molar-refractivity contribution in [2.75, 3.05) is 11.1 Å². The molecule has 0 atom stereocenters. The summed E-state index contributed by atoms with van der Waals surface area (Å²) in [6.07, 6.45) is 3.42. The molecule has 0 radical (unpaired) electrons. The Kier molecular flexibility index (Phi) is 6.26. The van der Waals surface area contributed by atoms with E-state index in [9.17, 15) is 4.79 Å². The lowest BCUT2D eigenvalue weighted by Crippen LogP contribution is -1.99. The fourth-order valence-electron chi connectivity index (χ4n) is 1.60. The van der Waals surface area contributed by atoms with E-state index in [1.54, 1.807) is 12.4 Å². The third-order valence-electron chi connectivity index (χ3n) is 2.61. The number of hydrogen-bond donors (Lipinski definition) is 2. The Morgan fingerprint density at radius 2 is 1.73 bits per heavy atom. The van der Waals surface area contributed by atoms with Crippen LogP contribution in [0.4, 0.5) is 11.4 Å². The van der Waals surface area contributed by atoms with E-state index in [1.807, 2.05) is 60.7 Å². The second-order valence-electron chi connectivity index (χ2n) is 4.33. The SMILES string of the molecule is O=C(O)CSC(=C\Nc1ccccc1)/C=N/c1ccccc1. The van der Waals surface area contributed by atoms with E-state index in [2.05, 4.69) is 10.3 Å². The van der Waals surface area contributed by atoms with E-state index in [0.717, 1.165) is 16.3 Å². The molecule has 0 bridgehead atoms. The van der Waals surface area contributed by atoms with Gasteiger partial charge in [-0.2, -0.15) is 0 Å². The number of aliphatic imine (C=N–C) groups is 1. The van der Waals surface area contributed by atoms with Gasteiger partial charge in [-0.05, 0) is 24.3 Å². The smallest absolute Gasteiger partial charge is 0.313 e. The number of hydrogen-bond acceptors (Lipinski definition) is 4. The highest BCUT2D eigenvalue weighted by Gasteiger charge is 2.01. The molecule has 0 saturated carbocycles. The molecule has 0 saturated heterocycles. The van der Waals surface area contributed by atoms with E-state index < -0.39 is 5.97 Å². The summed E-state index contributed by atoms with van der Waals surface area (Å²) in [4.78, 5) is 15.8. The number of benzene rings is 2. The first-order valence-electron chi connectivity index (χ1n) is 6.69. The topological polar surface area (TPSA) is 61.7 Å². The molecule has 112 valence electrons. The lowest BCUT2D eigenvalue weighted by Gasteiger charge is -2.03. The summed E-state index contributed by atoms with van der Waals surface area (Å²) in [5, 5.41) is 12.0. The number of nitrogens with zero attached hydrogens (tertiary/aromatic N) is 1. The van der Waals surface area contributed by atoms with Crippen LogP contribution in [0.15, 0.2) is 76.8 Å². The number of rotatable bonds is 7. The van der Waals surface area contributed by atoms with E-state index in [4.69, 9.17) is 5.11 Å². The van der Waals surface area contributed by atoms with Gasteiger partial charge in [0, 0.05) is 23.0 Å². The van der Waals surface area contributed by atoms with Crippen LogP contribution >= 0.6 is 11.8 Å². The highest BCUT2D eigenvalue weighted by molar-refractivity contribution is 8.04. The van der Waals surface area contributed by atoms with Gasteiger partial charge in [-0.1, -0.05) is 36.4 Å². The molecule has 0 heterocycles. The summed E-state index contributed by atoms with van der Waals surface area (Å²) in [6.45, 7) is 0. The molecule has 2 aromatic rings. The maximum atomic E-state index is 10.7. The second kappa shape index (κ2) is 8.69. The number of aliphatic carboxylic acids is 1. The van der Waals surface area contributed by atoms with Crippen LogP contribution < -0.4 is 5.32 Å². The number of carboxylic acids is 1. The molecule has 2 N–H and O–H groups in total. The largest absolute Gasteiger partial charge is 0.481 e. The Hall–Kier alpha value is -2.53. The van der Waals surface area contributed by atoms with E-state index >= 15 is 0 Å². The molecule has 0 fully saturated rings. The van der Waals surface area contributed by atoms with Crippen molar-refractivity contribution in [3.63, 3.8) is 0 Å². The highest BCUT2D eigenvalue weighted by Crippen LogP contribution is 2.17. The number of para-hydroxylation sites is 2. The Balaban J connectivity index is 2.08. The first-order valence-corrected chi connectivity index (χ1v) is 7.68. The van der Waals surface area contributed by atoms with E-state index in [-0.39, 0.29) is 5.75 Å². The molecular formula is C17H16N2O2S. The Bertz CT molecular complexity index is 655. The Morgan fingerprint density at radius 3 is 2.36 bits per heavy atom. The zero-order valence-corrected chi connectivity index (χ0v) is 12.7. The minimum atomic E-state index is -0.858. The zero-order valence-electron chi connectivity index (χ0n) is 11.8. The normalized spacial score (nSPS) is 11.5. The third kappa shape index (κ3) is 5.85. The molecule has 4 nitrogen and oxygen atoms in total. The summed E-state index contributed by atoms with van der Waals surface area (Å²) in [7, 11) is 0. The zero-order chi connectivity index (χ0) is 15.6. The standard InChI is InChI=1S/C17H16N2O2S/c20-17(21)13-22-16(11-18-14-7-3-1-4-8-14)12-19-15-9-5-2-6-10-15/h1-12,18H,13H2,(H,20,21)/b16-11-,19-12+. The summed E-state index contributed by atoms with van der Waals surface area (Å²) in [5.41, 5.74) is 1.76. The van der Waals surface area contributed by atoms with Crippen molar-refractivity contribution in [1.29, 1.82) is 0 Å². The Labute approximate surface area is 133 Å². The lowest BCUT2D eigenvalue weighted by atomic mass is 10.3. The molecule has 2 rings (SSSR count). The number of carboxylic acid groups (broad SMARTS) is 1. The van der Waals surface area contributed by atoms with E-state index in [1.165, 1.54) is 11.8 Å². The molecule has 0 aliphatic rings. The van der Waals surface area contributed by atoms with Crippen LogP contribution in [0.3, 0.4) is 0 Å². The van der Waals surface area contributed by atoms with Crippen LogP contribution in [-0.2, 0) is 4.79 Å². The van der Waals surface area contributed by atoms with Gasteiger partial charge in [0.1, 0.15) is 0 Å². The van der Waals surface area contributed by atoms with Gasteiger partial charge in [0.2, 0.25) is 0 Å². The van der Waals surface area contributed by atoms with Crippen molar-refractivity contribution in [3.05, 3.63) is 71.8 Å². The number of nitrogens with one attached hydrogen (secondary N) is 1. The molecule has 0 spiro atoms. The molecular weight excluding hydrogens is 296 g/mol. The van der Waals surface area contributed by atoms with Crippen molar-refractivity contribution in [3.8, 4) is 0 Å². The minimum Gasteiger partial charge on any atom is -0.481 e. The molecule has 22 heavy (non-hydrogen) atoms. The van der Waals surface area contributed by atoms with Gasteiger partial charge in [0.25, 0.3) is 0 Å². The molecule has 0 aromatic heterocycles. The van der Waals surface area contributed by atoms with Crippen molar-refractivity contribution >= 4 is 35.3 Å². The van der Waals surface area contributed by atoms with Gasteiger partial charge >= 0.3 is 5.97 Å². The summed E-state index contributed by atoms with van der Waals surface area (Å²) >= 11 is 1.22. The molecule has 0 unspecified atom stereocenters. The van der Waals surface area contributed by atoms with Gasteiger partial charge in [-0.25, -0.2) is 0 Å². The van der Waals surface area contributed by atoms with Crippen molar-refractivity contribution in [1.82, 2.24) is 0 Å². The van der Waals surface area contributed by atoms with Gasteiger partial charge in [0.05, 0.1) is 11.4 Å². The molecule has 2 aromatic carbocycles. The highest BCUT2D eigenvalue weighted by atomic mass is 32.2. The van der Waals surface area contributed by atoms with Crippen LogP contribution in [0.2, 0.25) is 0 Å².